The molecule has 3 N–H and O–H groups in total. The van der Waals surface area contributed by atoms with Crippen LogP contribution in [0.15, 0.2) is 0 Å². The first-order valence-corrected chi connectivity index (χ1v) is 6.43. The number of carbonyl (C=O) groups excluding carboxylic acids is 1. The standard InChI is InChI=1S/C12H23N3O3/c1-13-6-3-7-15(2)12(18)14-10(11(16)17)8-9-4-5-9/h9-10,13H,3-8H2,1-2H3,(H,14,18)(H,16,17)/t10-/m0/s1. The number of urea groups is 1. The van der Waals surface area contributed by atoms with E-state index in [0.29, 0.717) is 18.9 Å². The first-order valence-electron chi connectivity index (χ1n) is 6.43. The molecule has 0 aromatic rings. The zero-order valence-electron chi connectivity index (χ0n) is 11.1. The maximum Gasteiger partial charge on any atom is 0.326 e. The van der Waals surface area contributed by atoms with Crippen LogP contribution >= 0.6 is 0 Å². The van der Waals surface area contributed by atoms with E-state index < -0.39 is 12.0 Å². The highest BCUT2D eigenvalue weighted by molar-refractivity contribution is 5.82. The van der Waals surface area contributed by atoms with E-state index in [1.807, 2.05) is 7.05 Å². The fraction of sp³-hybridized carbons (Fsp3) is 0.833. The number of aliphatic carboxylic acids is 1. The minimum absolute atomic E-state index is 0.306. The molecule has 0 aliphatic heterocycles. The maximum absolute atomic E-state index is 11.8. The van der Waals surface area contributed by atoms with Crippen molar-refractivity contribution in [3.63, 3.8) is 0 Å². The Morgan fingerprint density at radius 1 is 1.44 bits per heavy atom. The average molecular weight is 257 g/mol. The molecular formula is C12H23N3O3. The third-order valence-corrected chi connectivity index (χ3v) is 3.13. The second-order valence-electron chi connectivity index (χ2n) is 4.90. The molecule has 6 nitrogen and oxygen atoms in total. The van der Waals surface area contributed by atoms with E-state index in [-0.39, 0.29) is 6.03 Å². The Kier molecular flexibility index (Phi) is 5.91. The summed E-state index contributed by atoms with van der Waals surface area (Å²) >= 11 is 0. The molecule has 1 aliphatic rings. The summed E-state index contributed by atoms with van der Waals surface area (Å²) in [5.74, 6) is -0.472. The van der Waals surface area contributed by atoms with Crippen LogP contribution in [0.2, 0.25) is 0 Å². The maximum atomic E-state index is 11.8. The van der Waals surface area contributed by atoms with Crippen LogP contribution in [-0.2, 0) is 4.79 Å². The van der Waals surface area contributed by atoms with E-state index in [1.54, 1.807) is 7.05 Å². The topological polar surface area (TPSA) is 81.7 Å². The Bertz CT molecular complexity index is 292. The van der Waals surface area contributed by atoms with E-state index in [1.165, 1.54) is 4.90 Å². The fourth-order valence-corrected chi connectivity index (χ4v) is 1.76. The molecule has 0 aromatic carbocycles. The van der Waals surface area contributed by atoms with Crippen molar-refractivity contribution in [2.75, 3.05) is 27.2 Å². The highest BCUT2D eigenvalue weighted by Gasteiger charge is 2.30. The Morgan fingerprint density at radius 2 is 2.11 bits per heavy atom. The van der Waals surface area contributed by atoms with Gasteiger partial charge in [-0.2, -0.15) is 0 Å². The molecule has 6 heteroatoms. The summed E-state index contributed by atoms with van der Waals surface area (Å²) in [6, 6.07) is -1.06. The van der Waals surface area contributed by atoms with E-state index in [0.717, 1.165) is 25.8 Å². The zero-order valence-corrected chi connectivity index (χ0v) is 11.1. The van der Waals surface area contributed by atoms with Gasteiger partial charge in [-0.3, -0.25) is 0 Å². The van der Waals surface area contributed by atoms with Crippen LogP contribution in [0.3, 0.4) is 0 Å². The van der Waals surface area contributed by atoms with Gasteiger partial charge >= 0.3 is 12.0 Å². The third-order valence-electron chi connectivity index (χ3n) is 3.13. The summed E-state index contributed by atoms with van der Waals surface area (Å²) in [4.78, 5) is 24.4. The van der Waals surface area contributed by atoms with Crippen LogP contribution in [0, 0.1) is 5.92 Å². The monoisotopic (exact) mass is 257 g/mol. The fourth-order valence-electron chi connectivity index (χ4n) is 1.76. The minimum atomic E-state index is -0.945. The van der Waals surface area contributed by atoms with Gasteiger partial charge in [-0.25, -0.2) is 9.59 Å². The first-order chi connectivity index (χ1) is 8.54. The van der Waals surface area contributed by atoms with Gasteiger partial charge in [0.15, 0.2) is 0 Å². The van der Waals surface area contributed by atoms with E-state index in [2.05, 4.69) is 10.6 Å². The SMILES string of the molecule is CNCCCN(C)C(=O)N[C@@H](CC1CC1)C(=O)O. The molecule has 18 heavy (non-hydrogen) atoms. The third kappa shape index (κ3) is 5.35. The van der Waals surface area contributed by atoms with Gasteiger partial charge in [-0.1, -0.05) is 12.8 Å². The second kappa shape index (κ2) is 7.20. The molecule has 1 atom stereocenters. The predicted molar refractivity (Wildman–Crippen MR) is 68.5 cm³/mol. The van der Waals surface area contributed by atoms with Crippen LogP contribution in [0.1, 0.15) is 25.7 Å². The predicted octanol–water partition coefficient (Wildman–Crippen LogP) is 0.491. The van der Waals surface area contributed by atoms with Crippen molar-refractivity contribution in [1.29, 1.82) is 0 Å². The molecule has 104 valence electrons. The summed E-state index contributed by atoms with van der Waals surface area (Å²) < 4.78 is 0. The molecule has 1 rings (SSSR count). The van der Waals surface area contributed by atoms with Crippen molar-refractivity contribution in [3.8, 4) is 0 Å². The number of amides is 2. The van der Waals surface area contributed by atoms with Crippen molar-refractivity contribution in [1.82, 2.24) is 15.5 Å². The van der Waals surface area contributed by atoms with Crippen molar-refractivity contribution >= 4 is 12.0 Å². The lowest BCUT2D eigenvalue weighted by atomic mass is 10.1. The summed E-state index contributed by atoms with van der Waals surface area (Å²) in [7, 11) is 3.54. The molecule has 0 radical (unpaired) electrons. The summed E-state index contributed by atoms with van der Waals surface area (Å²) in [6.45, 7) is 1.45. The van der Waals surface area contributed by atoms with Crippen molar-refractivity contribution in [3.05, 3.63) is 0 Å². The van der Waals surface area contributed by atoms with Gasteiger partial charge in [0.1, 0.15) is 6.04 Å². The molecular weight excluding hydrogens is 234 g/mol. The normalized spacial score (nSPS) is 16.1. The van der Waals surface area contributed by atoms with Gasteiger partial charge in [-0.15, -0.1) is 0 Å². The summed E-state index contributed by atoms with van der Waals surface area (Å²) in [5, 5.41) is 14.6. The van der Waals surface area contributed by atoms with Gasteiger partial charge in [0.2, 0.25) is 0 Å². The Hall–Kier alpha value is -1.30. The lowest BCUT2D eigenvalue weighted by molar-refractivity contribution is -0.139. The number of hydrogen-bond donors (Lipinski definition) is 3. The lowest BCUT2D eigenvalue weighted by Gasteiger charge is -2.21. The molecule has 2 amide bonds. The molecule has 1 aliphatic carbocycles. The quantitative estimate of drug-likeness (QED) is 0.553. The Labute approximate surface area is 108 Å². The largest absolute Gasteiger partial charge is 0.480 e. The number of nitrogens with zero attached hydrogens (tertiary/aromatic N) is 1. The van der Waals surface area contributed by atoms with Crippen LogP contribution in [0.4, 0.5) is 4.79 Å². The number of nitrogens with one attached hydrogen (secondary N) is 2. The number of carbonyl (C=O) groups is 2. The zero-order chi connectivity index (χ0) is 13.5. The minimum Gasteiger partial charge on any atom is -0.480 e. The number of rotatable bonds is 8. The lowest BCUT2D eigenvalue weighted by Crippen LogP contribution is -2.47. The molecule has 0 bridgehead atoms. The highest BCUT2D eigenvalue weighted by Crippen LogP contribution is 2.33. The van der Waals surface area contributed by atoms with Crippen LogP contribution in [0.25, 0.3) is 0 Å². The molecule has 1 saturated carbocycles. The van der Waals surface area contributed by atoms with Gasteiger partial charge in [0, 0.05) is 13.6 Å². The molecule has 0 heterocycles. The smallest absolute Gasteiger partial charge is 0.326 e. The summed E-state index contributed by atoms with van der Waals surface area (Å²) in [6.07, 6.45) is 3.56. The Balaban J connectivity index is 2.32. The van der Waals surface area contributed by atoms with Crippen molar-refractivity contribution in [2.45, 2.75) is 31.7 Å². The van der Waals surface area contributed by atoms with Crippen LogP contribution < -0.4 is 10.6 Å². The summed E-state index contributed by atoms with van der Waals surface area (Å²) in [5.41, 5.74) is 0. The molecule has 0 aromatic heterocycles. The molecule has 0 unspecified atom stereocenters. The number of hydrogen-bond acceptors (Lipinski definition) is 3. The van der Waals surface area contributed by atoms with Crippen LogP contribution in [0.5, 0.6) is 0 Å². The molecule has 0 saturated heterocycles. The molecule has 0 spiro atoms. The second-order valence-corrected chi connectivity index (χ2v) is 4.90. The first kappa shape index (κ1) is 14.8. The van der Waals surface area contributed by atoms with E-state index >= 15 is 0 Å². The van der Waals surface area contributed by atoms with E-state index in [9.17, 15) is 9.59 Å². The van der Waals surface area contributed by atoms with E-state index in [4.69, 9.17) is 5.11 Å². The molecule has 1 fully saturated rings. The highest BCUT2D eigenvalue weighted by atomic mass is 16.4. The van der Waals surface area contributed by atoms with Crippen molar-refractivity contribution in [2.24, 2.45) is 5.92 Å². The van der Waals surface area contributed by atoms with Gasteiger partial charge in [0.05, 0.1) is 0 Å². The van der Waals surface area contributed by atoms with Crippen molar-refractivity contribution < 1.29 is 14.7 Å². The van der Waals surface area contributed by atoms with Gasteiger partial charge < -0.3 is 20.6 Å². The number of carboxylic acids is 1. The average Bonchev–Trinajstić information content (AvgIpc) is 3.12. The Morgan fingerprint density at radius 3 is 2.61 bits per heavy atom. The van der Waals surface area contributed by atoms with Crippen LogP contribution in [-0.4, -0.2) is 55.2 Å². The van der Waals surface area contributed by atoms with Gasteiger partial charge in [0.25, 0.3) is 0 Å². The van der Waals surface area contributed by atoms with Gasteiger partial charge in [-0.05, 0) is 32.4 Å². The number of carboxylic acid groups (broad SMARTS) is 1.